The Labute approximate surface area is 78.1 Å². The molecule has 14 heavy (non-hydrogen) atoms. The minimum absolute atomic E-state index is 0.141. The first-order chi connectivity index (χ1) is 6.51. The number of hydrogen-bond acceptors (Lipinski definition) is 2. The van der Waals surface area contributed by atoms with E-state index < -0.39 is 12.6 Å². The van der Waals surface area contributed by atoms with Crippen molar-refractivity contribution < 1.29 is 18.0 Å². The van der Waals surface area contributed by atoms with Gasteiger partial charge in [0.1, 0.15) is 0 Å². The highest BCUT2D eigenvalue weighted by Crippen LogP contribution is 2.22. The predicted molar refractivity (Wildman–Crippen MR) is 44.0 cm³/mol. The van der Waals surface area contributed by atoms with Crippen LogP contribution in [-0.4, -0.2) is 12.3 Å². The van der Waals surface area contributed by atoms with E-state index in [1.54, 1.807) is 0 Å². The molecule has 0 fully saturated rings. The number of halogens is 3. The molecule has 74 valence electrons. The lowest BCUT2D eigenvalue weighted by molar-refractivity contribution is -0.127. The number of aliphatic imine (C=N–C) groups is 1. The third-order valence-electron chi connectivity index (χ3n) is 1.52. The van der Waals surface area contributed by atoms with Crippen molar-refractivity contribution in [2.24, 2.45) is 4.99 Å². The lowest BCUT2D eigenvalue weighted by Gasteiger charge is -2.05. The molecule has 0 saturated carbocycles. The summed E-state index contributed by atoms with van der Waals surface area (Å²) in [5, 5.41) is 0. The van der Waals surface area contributed by atoms with Gasteiger partial charge in [0, 0.05) is 0 Å². The number of carbonyl (C=O) groups excluding carboxylic acids is 1. The number of isocyanates is 1. The molecule has 0 atom stereocenters. The Morgan fingerprint density at radius 3 is 2.21 bits per heavy atom. The van der Waals surface area contributed by atoms with Crippen LogP contribution in [-0.2, 0) is 11.2 Å². The quantitative estimate of drug-likeness (QED) is 0.534. The summed E-state index contributed by atoms with van der Waals surface area (Å²) in [5.41, 5.74) is 0.438. The van der Waals surface area contributed by atoms with Crippen molar-refractivity contribution in [2.75, 3.05) is 0 Å². The predicted octanol–water partition coefficient (Wildman–Crippen LogP) is 2.76. The average molecular weight is 201 g/mol. The van der Waals surface area contributed by atoms with Gasteiger partial charge in [-0.25, -0.2) is 4.79 Å². The van der Waals surface area contributed by atoms with Gasteiger partial charge in [-0.05, 0) is 17.7 Å². The Kier molecular flexibility index (Phi) is 3.04. The van der Waals surface area contributed by atoms with E-state index in [-0.39, 0.29) is 5.56 Å². The Morgan fingerprint density at radius 2 is 1.79 bits per heavy atom. The van der Waals surface area contributed by atoms with E-state index in [0.717, 1.165) is 0 Å². The Hall–Kier alpha value is -1.61. The van der Waals surface area contributed by atoms with Crippen molar-refractivity contribution in [3.05, 3.63) is 29.8 Å². The van der Waals surface area contributed by atoms with Crippen molar-refractivity contribution in [3.63, 3.8) is 0 Å². The van der Waals surface area contributed by atoms with Crippen LogP contribution in [0.3, 0.4) is 0 Å². The largest absolute Gasteiger partial charge is 0.393 e. The topological polar surface area (TPSA) is 29.4 Å². The third-order valence-corrected chi connectivity index (χ3v) is 1.52. The molecule has 0 aliphatic rings. The molecule has 0 aromatic heterocycles. The van der Waals surface area contributed by atoms with Gasteiger partial charge in [-0.15, -0.1) is 0 Å². The van der Waals surface area contributed by atoms with E-state index in [2.05, 4.69) is 4.99 Å². The molecule has 0 saturated heterocycles. The number of hydrogen-bond donors (Lipinski definition) is 0. The van der Waals surface area contributed by atoms with Crippen LogP contribution in [0, 0.1) is 0 Å². The molecule has 1 aromatic carbocycles. The van der Waals surface area contributed by atoms with Crippen LogP contribution in [0.5, 0.6) is 0 Å². The SMILES string of the molecule is O=C=Nc1ccc(CC(F)(F)F)cc1. The van der Waals surface area contributed by atoms with Crippen molar-refractivity contribution in [1.29, 1.82) is 0 Å². The minimum atomic E-state index is -4.21. The number of benzene rings is 1. The second-order valence-corrected chi connectivity index (χ2v) is 2.66. The lowest BCUT2D eigenvalue weighted by atomic mass is 10.1. The molecule has 0 aliphatic carbocycles. The van der Waals surface area contributed by atoms with E-state index in [1.165, 1.54) is 30.3 Å². The molecular weight excluding hydrogens is 195 g/mol. The van der Waals surface area contributed by atoms with E-state index in [1.807, 2.05) is 0 Å². The van der Waals surface area contributed by atoms with Crippen LogP contribution in [0.15, 0.2) is 29.3 Å². The maximum absolute atomic E-state index is 11.9. The number of alkyl halides is 3. The van der Waals surface area contributed by atoms with Crippen LogP contribution in [0.4, 0.5) is 18.9 Å². The summed E-state index contributed by atoms with van der Waals surface area (Å²) in [6.07, 6.45) is -3.88. The molecule has 5 heteroatoms. The van der Waals surface area contributed by atoms with Crippen LogP contribution in [0.1, 0.15) is 5.56 Å². The van der Waals surface area contributed by atoms with Gasteiger partial charge in [0.15, 0.2) is 0 Å². The fourth-order valence-corrected chi connectivity index (χ4v) is 0.972. The monoisotopic (exact) mass is 201 g/mol. The first-order valence-electron chi connectivity index (χ1n) is 3.75. The number of nitrogens with zero attached hydrogens (tertiary/aromatic N) is 1. The summed E-state index contributed by atoms with van der Waals surface area (Å²) in [6.45, 7) is 0. The smallest absolute Gasteiger partial charge is 0.211 e. The van der Waals surface area contributed by atoms with Gasteiger partial charge in [0.25, 0.3) is 0 Å². The molecule has 2 nitrogen and oxygen atoms in total. The van der Waals surface area contributed by atoms with Crippen LogP contribution >= 0.6 is 0 Å². The van der Waals surface area contributed by atoms with Crippen LogP contribution < -0.4 is 0 Å². The highest BCUT2D eigenvalue weighted by Gasteiger charge is 2.27. The second-order valence-electron chi connectivity index (χ2n) is 2.66. The van der Waals surface area contributed by atoms with Crippen LogP contribution in [0.25, 0.3) is 0 Å². The van der Waals surface area contributed by atoms with Gasteiger partial charge < -0.3 is 0 Å². The van der Waals surface area contributed by atoms with Crippen molar-refractivity contribution >= 4 is 11.8 Å². The average Bonchev–Trinajstić information content (AvgIpc) is 2.06. The standard InChI is InChI=1S/C9H6F3NO/c10-9(11,12)5-7-1-3-8(4-2-7)13-6-14/h1-4H,5H2. The minimum Gasteiger partial charge on any atom is -0.211 e. The Balaban J connectivity index is 2.78. The van der Waals surface area contributed by atoms with E-state index in [4.69, 9.17) is 0 Å². The second kappa shape index (κ2) is 4.07. The van der Waals surface area contributed by atoms with Gasteiger partial charge >= 0.3 is 6.18 Å². The summed E-state index contributed by atoms with van der Waals surface area (Å²) in [4.78, 5) is 13.1. The van der Waals surface area contributed by atoms with E-state index in [0.29, 0.717) is 5.69 Å². The molecule has 1 rings (SSSR count). The molecule has 0 N–H and O–H groups in total. The van der Waals surface area contributed by atoms with Gasteiger partial charge in [-0.1, -0.05) is 12.1 Å². The fraction of sp³-hybridized carbons (Fsp3) is 0.222. The van der Waals surface area contributed by atoms with Crippen molar-refractivity contribution in [3.8, 4) is 0 Å². The zero-order valence-corrected chi connectivity index (χ0v) is 7.01. The van der Waals surface area contributed by atoms with Gasteiger partial charge in [0.05, 0.1) is 12.1 Å². The maximum atomic E-state index is 11.9. The molecule has 0 spiro atoms. The van der Waals surface area contributed by atoms with E-state index >= 15 is 0 Å². The van der Waals surface area contributed by atoms with Gasteiger partial charge in [-0.3, -0.25) is 0 Å². The fourth-order valence-electron chi connectivity index (χ4n) is 0.972. The molecule has 1 aromatic rings. The molecule has 0 aliphatic heterocycles. The third kappa shape index (κ3) is 3.41. The Morgan fingerprint density at radius 1 is 1.21 bits per heavy atom. The Bertz CT molecular complexity index is 349. The molecule has 0 amide bonds. The van der Waals surface area contributed by atoms with Gasteiger partial charge in [-0.2, -0.15) is 18.2 Å². The highest BCUT2D eigenvalue weighted by atomic mass is 19.4. The first kappa shape index (κ1) is 10.5. The highest BCUT2D eigenvalue weighted by molar-refractivity contribution is 5.49. The molecule has 0 unspecified atom stereocenters. The summed E-state index contributed by atoms with van der Waals surface area (Å²) in [7, 11) is 0. The molecule has 0 bridgehead atoms. The first-order valence-corrected chi connectivity index (χ1v) is 3.75. The van der Waals surface area contributed by atoms with Crippen LogP contribution in [0.2, 0.25) is 0 Å². The zero-order valence-electron chi connectivity index (χ0n) is 7.01. The maximum Gasteiger partial charge on any atom is 0.393 e. The van der Waals surface area contributed by atoms with Crippen molar-refractivity contribution in [1.82, 2.24) is 0 Å². The normalized spacial score (nSPS) is 10.8. The summed E-state index contributed by atoms with van der Waals surface area (Å²) >= 11 is 0. The molecule has 0 heterocycles. The lowest BCUT2D eigenvalue weighted by Crippen LogP contribution is -2.11. The van der Waals surface area contributed by atoms with E-state index in [9.17, 15) is 18.0 Å². The summed E-state index contributed by atoms with van der Waals surface area (Å²) in [5.74, 6) is 0. The summed E-state index contributed by atoms with van der Waals surface area (Å²) < 4.78 is 35.7. The van der Waals surface area contributed by atoms with Gasteiger partial charge in [0.2, 0.25) is 6.08 Å². The molecular formula is C9H6F3NO. The van der Waals surface area contributed by atoms with Crippen molar-refractivity contribution in [2.45, 2.75) is 12.6 Å². The molecule has 0 radical (unpaired) electrons. The number of rotatable bonds is 2. The summed E-state index contributed by atoms with van der Waals surface area (Å²) in [6, 6.07) is 5.24. The zero-order chi connectivity index (χ0) is 10.6.